The minimum Gasteiger partial charge on any atom is -0.486 e. The number of halogens is 1. The van der Waals surface area contributed by atoms with Crippen LogP contribution in [0.4, 0.5) is 15.0 Å². The fraction of sp³-hybridized carbons (Fsp3) is 0.420. The third-order valence-electron chi connectivity index (χ3n) is 12.8. The van der Waals surface area contributed by atoms with E-state index in [0.29, 0.717) is 65.6 Å². The monoisotopic (exact) mass is 849 g/mol. The molecule has 13 heteroatoms. The highest BCUT2D eigenvalue weighted by atomic mass is 19.1. The van der Waals surface area contributed by atoms with Crippen LogP contribution in [0.25, 0.3) is 32.9 Å². The Balaban J connectivity index is 1.20. The van der Waals surface area contributed by atoms with Gasteiger partial charge in [-0.25, -0.2) is 13.9 Å². The smallest absolute Gasteiger partial charge is 0.410 e. The van der Waals surface area contributed by atoms with Crippen LogP contribution in [-0.4, -0.2) is 73.1 Å². The van der Waals surface area contributed by atoms with Gasteiger partial charge in [-0.3, -0.25) is 4.98 Å². The minimum absolute atomic E-state index is 0.0286. The molecule has 2 bridgehead atoms. The number of pyridine rings is 1. The Bertz CT molecular complexity index is 2780. The molecule has 324 valence electrons. The van der Waals surface area contributed by atoms with E-state index in [1.165, 1.54) is 0 Å². The molecule has 1 unspecified atom stereocenters. The van der Waals surface area contributed by atoms with Crippen molar-refractivity contribution >= 4 is 33.7 Å². The van der Waals surface area contributed by atoms with E-state index in [1.807, 2.05) is 73.8 Å². The van der Waals surface area contributed by atoms with Crippen LogP contribution in [0.15, 0.2) is 61.1 Å². The molecule has 4 aliphatic rings. The Labute approximate surface area is 366 Å². The third kappa shape index (κ3) is 7.68. The summed E-state index contributed by atoms with van der Waals surface area (Å²) in [6.07, 6.45) is 16.6. The van der Waals surface area contributed by atoms with E-state index >= 15 is 4.39 Å². The number of carbonyl (C=O) groups is 1. The van der Waals surface area contributed by atoms with E-state index in [0.717, 1.165) is 77.1 Å². The number of terminal acetylenes is 1. The number of ether oxygens (including phenoxy) is 4. The molecule has 6 aromatic rings. The van der Waals surface area contributed by atoms with Gasteiger partial charge in [0.15, 0.2) is 17.7 Å². The number of nitrogens with zero attached hydrogens (tertiary/aromatic N) is 7. The zero-order valence-electron chi connectivity index (χ0n) is 36.5. The predicted octanol–water partition coefficient (Wildman–Crippen LogP) is 10.2. The number of carbonyl (C=O) groups excluding carboxylic acids is 1. The maximum absolute atomic E-state index is 16.6. The van der Waals surface area contributed by atoms with E-state index in [4.69, 9.17) is 40.4 Å². The fourth-order valence-corrected chi connectivity index (χ4v) is 9.54. The van der Waals surface area contributed by atoms with Gasteiger partial charge in [-0.1, -0.05) is 25.0 Å². The van der Waals surface area contributed by atoms with Gasteiger partial charge in [-0.15, -0.1) is 6.42 Å². The van der Waals surface area contributed by atoms with Gasteiger partial charge in [-0.05, 0) is 125 Å². The Hall–Kier alpha value is -6.26. The molecular weight excluding hydrogens is 798 g/mol. The van der Waals surface area contributed by atoms with E-state index in [2.05, 4.69) is 28.8 Å². The highest BCUT2D eigenvalue weighted by Crippen LogP contribution is 2.54. The van der Waals surface area contributed by atoms with Gasteiger partial charge in [0.1, 0.15) is 29.4 Å². The number of anilines is 1. The Morgan fingerprint density at radius 2 is 1.83 bits per heavy atom. The number of aryl methyl sites for hydroxylation is 1. The van der Waals surface area contributed by atoms with Crippen LogP contribution in [0, 0.1) is 25.1 Å². The van der Waals surface area contributed by atoms with Crippen molar-refractivity contribution in [1.29, 1.82) is 0 Å². The lowest BCUT2D eigenvalue weighted by molar-refractivity contribution is -0.0366. The van der Waals surface area contributed by atoms with Crippen LogP contribution < -0.4 is 14.4 Å². The summed E-state index contributed by atoms with van der Waals surface area (Å²) in [6.45, 7) is 11.4. The minimum atomic E-state index is -0.609. The van der Waals surface area contributed by atoms with Gasteiger partial charge in [0.25, 0.3) is 0 Å². The number of rotatable bonds is 10. The number of hydrogen-bond donors (Lipinski definition) is 0. The van der Waals surface area contributed by atoms with Crippen LogP contribution >= 0.6 is 0 Å². The summed E-state index contributed by atoms with van der Waals surface area (Å²) < 4.78 is 44.2. The van der Waals surface area contributed by atoms with Crippen molar-refractivity contribution in [1.82, 2.24) is 29.6 Å². The third-order valence-corrected chi connectivity index (χ3v) is 12.8. The zero-order chi connectivity index (χ0) is 43.6. The lowest BCUT2D eigenvalue weighted by atomic mass is 9.88. The van der Waals surface area contributed by atoms with Gasteiger partial charge in [0, 0.05) is 59.4 Å². The predicted molar refractivity (Wildman–Crippen MR) is 239 cm³/mol. The lowest BCUT2D eigenvalue weighted by Gasteiger charge is -2.36. The first-order valence-electron chi connectivity index (χ1n) is 22.2. The molecule has 3 aromatic carbocycles. The summed E-state index contributed by atoms with van der Waals surface area (Å²) in [6, 6.07) is 13.5. The van der Waals surface area contributed by atoms with Crippen molar-refractivity contribution in [3.8, 4) is 41.0 Å². The summed E-state index contributed by atoms with van der Waals surface area (Å²) in [5.41, 5.74) is 6.23. The van der Waals surface area contributed by atoms with Crippen LogP contribution in [0.5, 0.6) is 17.5 Å². The number of hydrogen-bond acceptors (Lipinski definition) is 10. The second-order valence-corrected chi connectivity index (χ2v) is 18.3. The van der Waals surface area contributed by atoms with Crippen LogP contribution in [0.3, 0.4) is 0 Å². The molecular formula is C50H52FN7O5. The molecule has 1 saturated carbocycles. The number of amides is 1. The Morgan fingerprint density at radius 1 is 1.00 bits per heavy atom. The molecule has 12 nitrogen and oxygen atoms in total. The van der Waals surface area contributed by atoms with Crippen molar-refractivity contribution < 1.29 is 28.1 Å². The number of aromatic nitrogens is 5. The van der Waals surface area contributed by atoms with Crippen LogP contribution in [0.2, 0.25) is 0 Å². The highest BCUT2D eigenvalue weighted by molar-refractivity contribution is 6.06. The van der Waals surface area contributed by atoms with Crippen LogP contribution in [0.1, 0.15) is 106 Å². The van der Waals surface area contributed by atoms with Gasteiger partial charge in [0.05, 0.1) is 30.0 Å². The number of benzene rings is 3. The first kappa shape index (κ1) is 40.8. The molecule has 0 radical (unpaired) electrons. The van der Waals surface area contributed by atoms with Crippen molar-refractivity contribution in [3.63, 3.8) is 0 Å². The first-order valence-corrected chi connectivity index (χ1v) is 22.2. The maximum atomic E-state index is 16.6. The second-order valence-electron chi connectivity index (χ2n) is 18.3. The number of fused-ring (bicyclic) bond motifs is 4. The normalized spacial score (nSPS) is 19.8. The average Bonchev–Trinajstić information content (AvgIpc) is 3.72. The molecule has 3 aliphatic heterocycles. The largest absolute Gasteiger partial charge is 0.486 e. The topological polar surface area (TPSA) is 117 Å². The molecule has 63 heavy (non-hydrogen) atoms. The van der Waals surface area contributed by atoms with Gasteiger partial charge < -0.3 is 28.7 Å². The molecule has 0 spiro atoms. The van der Waals surface area contributed by atoms with Gasteiger partial charge in [0.2, 0.25) is 0 Å². The lowest BCUT2D eigenvalue weighted by Crippen LogP contribution is -2.50. The Morgan fingerprint density at radius 3 is 2.52 bits per heavy atom. The van der Waals surface area contributed by atoms with Crippen molar-refractivity contribution in [3.05, 3.63) is 94.7 Å². The van der Waals surface area contributed by atoms with Gasteiger partial charge >= 0.3 is 12.1 Å². The maximum Gasteiger partial charge on any atom is 0.410 e. The summed E-state index contributed by atoms with van der Waals surface area (Å²) in [7, 11) is 0. The quantitative estimate of drug-likeness (QED) is 0.123. The van der Waals surface area contributed by atoms with E-state index in [1.54, 1.807) is 18.5 Å². The molecule has 3 atom stereocenters. The van der Waals surface area contributed by atoms with Gasteiger partial charge in [-0.2, -0.15) is 15.1 Å². The van der Waals surface area contributed by atoms with Crippen LogP contribution in [-0.2, 0) is 22.5 Å². The summed E-state index contributed by atoms with van der Waals surface area (Å²) in [5, 5.41) is 6.45. The van der Waals surface area contributed by atoms with Crippen molar-refractivity contribution in [2.75, 3.05) is 24.6 Å². The fourth-order valence-electron chi connectivity index (χ4n) is 9.54. The SMILES string of the molecule is C#Cc1ccc(COc2c(-c3c(C)c(F)cc4c3cnn4C3CCCCO3)c(C3CC3)cc3c(N4C[C@@H]5C[C@H]4CN5C(=O)OC(C)(C)C)nc(Oc4cnccc4CC)nc23)cc1. The Kier molecular flexibility index (Phi) is 10.4. The second kappa shape index (κ2) is 16.1. The summed E-state index contributed by atoms with van der Waals surface area (Å²) in [5.74, 6) is 4.29. The summed E-state index contributed by atoms with van der Waals surface area (Å²) >= 11 is 0. The highest BCUT2D eigenvalue weighted by Gasteiger charge is 2.48. The molecule has 1 amide bonds. The number of piperazine rings is 1. The first-order chi connectivity index (χ1) is 30.5. The molecule has 1 aliphatic carbocycles. The standard InChI is InChI=1S/C50H52FN7O5/c1-7-30-12-14-31(15-13-30)28-61-46-44(43-29(3)39(51)23-40-38(43)24-53-58(40)42-11-9-10-20-60-42)36(33-16-17-33)22-37-45(46)54-48(62-41-25-52-19-18-32(41)8-2)55-47(37)56-26-35-21-34(56)27-57(35)49(59)63-50(4,5)6/h1,12-15,18-19,22-25,33-35,42H,8-11,16-17,20-21,26-28H2,2-6H3/t34-,35-,42?/m0/s1. The molecule has 3 aromatic heterocycles. The molecule has 6 heterocycles. The van der Waals surface area contributed by atoms with E-state index in [9.17, 15) is 4.79 Å². The molecule has 0 N–H and O–H groups in total. The molecule has 10 rings (SSSR count). The number of likely N-dealkylation sites (tertiary alicyclic amines) is 1. The van der Waals surface area contributed by atoms with Crippen molar-refractivity contribution in [2.45, 2.75) is 116 Å². The average molecular weight is 850 g/mol. The van der Waals surface area contributed by atoms with E-state index < -0.39 is 5.60 Å². The summed E-state index contributed by atoms with van der Waals surface area (Å²) in [4.78, 5) is 32.3. The zero-order valence-corrected chi connectivity index (χ0v) is 36.5. The molecule has 3 saturated heterocycles. The van der Waals surface area contributed by atoms with Crippen molar-refractivity contribution in [2.24, 2.45) is 0 Å². The van der Waals surface area contributed by atoms with E-state index in [-0.39, 0.29) is 48.8 Å². The molecule has 4 fully saturated rings.